The lowest BCUT2D eigenvalue weighted by molar-refractivity contribution is -0.177. The third-order valence-electron chi connectivity index (χ3n) is 5.43. The number of rotatable bonds is 6. The van der Waals surface area contributed by atoms with Gasteiger partial charge in [-0.2, -0.15) is 13.2 Å². The quantitative estimate of drug-likeness (QED) is 0.466. The Kier molecular flexibility index (Phi) is 6.50. The van der Waals surface area contributed by atoms with Crippen molar-refractivity contribution in [3.05, 3.63) is 35.5 Å². The number of pyridine rings is 1. The number of piperidine rings is 1. The summed E-state index contributed by atoms with van der Waals surface area (Å²) in [5, 5.41) is 14.0. The van der Waals surface area contributed by atoms with E-state index in [9.17, 15) is 22.7 Å². The molecule has 0 radical (unpaired) electrons. The molecule has 0 aromatic carbocycles. The van der Waals surface area contributed by atoms with E-state index in [1.165, 1.54) is 11.1 Å². The highest BCUT2D eigenvalue weighted by atomic mass is 35.5. The molecule has 3 aromatic heterocycles. The van der Waals surface area contributed by atoms with Gasteiger partial charge in [-0.1, -0.05) is 11.6 Å². The molecule has 1 saturated heterocycles. The molecule has 172 valence electrons. The summed E-state index contributed by atoms with van der Waals surface area (Å²) in [4.78, 5) is 16.9. The van der Waals surface area contributed by atoms with Crippen LogP contribution in [0.4, 0.5) is 23.4 Å². The van der Waals surface area contributed by atoms with E-state index < -0.39 is 24.6 Å². The zero-order chi connectivity index (χ0) is 22.9. The number of fused-ring (bicyclic) bond motifs is 1. The highest BCUT2D eigenvalue weighted by Gasteiger charge is 2.35. The molecule has 4 rings (SSSR count). The highest BCUT2D eigenvalue weighted by Crippen LogP contribution is 2.29. The fraction of sp³-hybridized carbons (Fsp3) is 0.450. The van der Waals surface area contributed by atoms with Crippen LogP contribution in [0.2, 0.25) is 5.02 Å². The van der Waals surface area contributed by atoms with Crippen molar-refractivity contribution in [2.45, 2.75) is 31.7 Å². The third kappa shape index (κ3) is 5.28. The zero-order valence-electron chi connectivity index (χ0n) is 16.8. The van der Waals surface area contributed by atoms with Gasteiger partial charge < -0.3 is 15.4 Å². The van der Waals surface area contributed by atoms with Crippen molar-refractivity contribution in [2.75, 3.05) is 25.0 Å². The molecule has 1 aliphatic heterocycles. The number of aromatic amines is 1. The Bertz CT molecular complexity index is 1090. The smallest absolute Gasteiger partial charge is 0.378 e. The zero-order valence-corrected chi connectivity index (χ0v) is 17.6. The lowest BCUT2D eigenvalue weighted by atomic mass is 9.97. The summed E-state index contributed by atoms with van der Waals surface area (Å²) in [6.45, 7) is 0.956. The summed E-state index contributed by atoms with van der Waals surface area (Å²) < 4.78 is 52.1. The molecule has 0 bridgehead atoms. The van der Waals surface area contributed by atoms with Crippen molar-refractivity contribution in [3.63, 3.8) is 0 Å². The van der Waals surface area contributed by atoms with E-state index in [0.29, 0.717) is 41.1 Å². The van der Waals surface area contributed by atoms with Crippen molar-refractivity contribution in [2.24, 2.45) is 5.92 Å². The molecular formula is C20H21ClF4N6O. The van der Waals surface area contributed by atoms with E-state index in [2.05, 4.69) is 25.3 Å². The molecule has 1 fully saturated rings. The Morgan fingerprint density at radius 3 is 2.91 bits per heavy atom. The largest absolute Gasteiger partial charge is 0.392 e. The molecule has 32 heavy (non-hydrogen) atoms. The van der Waals surface area contributed by atoms with Gasteiger partial charge in [0.15, 0.2) is 17.5 Å². The van der Waals surface area contributed by atoms with Crippen LogP contribution in [-0.2, 0) is 0 Å². The molecule has 2 atom stereocenters. The van der Waals surface area contributed by atoms with Crippen molar-refractivity contribution < 1.29 is 22.7 Å². The van der Waals surface area contributed by atoms with E-state index in [1.807, 2.05) is 0 Å². The number of halogens is 5. The molecule has 0 amide bonds. The average Bonchev–Trinajstić information content (AvgIpc) is 3.15. The summed E-state index contributed by atoms with van der Waals surface area (Å²) in [5.74, 6) is -0.447. The predicted molar refractivity (Wildman–Crippen MR) is 112 cm³/mol. The number of H-pyrrole nitrogens is 1. The SMILES string of the molecule is OC(CC(F)(F)F)N1CCCC(CNc2nc(-c3c[nH]c4ncc(Cl)cc34)ncc2F)C1. The topological polar surface area (TPSA) is 90.0 Å². The van der Waals surface area contributed by atoms with Crippen LogP contribution in [0.15, 0.2) is 24.7 Å². The fourth-order valence-corrected chi connectivity index (χ4v) is 4.05. The lowest BCUT2D eigenvalue weighted by Crippen LogP contribution is -2.45. The first-order chi connectivity index (χ1) is 15.2. The summed E-state index contributed by atoms with van der Waals surface area (Å²) in [7, 11) is 0. The summed E-state index contributed by atoms with van der Waals surface area (Å²) in [6, 6.07) is 1.71. The minimum Gasteiger partial charge on any atom is -0.378 e. The number of anilines is 1. The lowest BCUT2D eigenvalue weighted by Gasteiger charge is -2.36. The van der Waals surface area contributed by atoms with E-state index >= 15 is 0 Å². The predicted octanol–water partition coefficient (Wildman–Crippen LogP) is 4.21. The Hall–Kier alpha value is -2.50. The molecule has 0 spiro atoms. The molecule has 7 nitrogen and oxygen atoms in total. The minimum absolute atomic E-state index is 0.00713. The van der Waals surface area contributed by atoms with E-state index in [4.69, 9.17) is 11.6 Å². The molecule has 12 heteroatoms. The summed E-state index contributed by atoms with van der Waals surface area (Å²) in [5.41, 5.74) is 1.20. The Labute approximate surface area is 185 Å². The Morgan fingerprint density at radius 2 is 2.12 bits per heavy atom. The van der Waals surface area contributed by atoms with Crippen LogP contribution in [0.25, 0.3) is 22.4 Å². The van der Waals surface area contributed by atoms with Crippen molar-refractivity contribution in [1.82, 2.24) is 24.8 Å². The first-order valence-corrected chi connectivity index (χ1v) is 10.5. The van der Waals surface area contributed by atoms with Gasteiger partial charge in [0.2, 0.25) is 0 Å². The maximum Gasteiger partial charge on any atom is 0.392 e. The number of alkyl halides is 3. The Balaban J connectivity index is 1.45. The second-order valence-electron chi connectivity index (χ2n) is 7.83. The molecule has 3 aromatic rings. The summed E-state index contributed by atoms with van der Waals surface area (Å²) in [6.07, 6.45) is -1.69. The molecular weight excluding hydrogens is 452 g/mol. The van der Waals surface area contributed by atoms with Crippen LogP contribution in [0.5, 0.6) is 0 Å². The van der Waals surface area contributed by atoms with Crippen molar-refractivity contribution >= 4 is 28.5 Å². The number of nitrogens with one attached hydrogen (secondary N) is 2. The van der Waals surface area contributed by atoms with Gasteiger partial charge in [0, 0.05) is 43.0 Å². The molecule has 0 aliphatic carbocycles. The van der Waals surface area contributed by atoms with Gasteiger partial charge in [0.05, 0.1) is 17.6 Å². The van der Waals surface area contributed by atoms with E-state index in [-0.39, 0.29) is 24.1 Å². The van der Waals surface area contributed by atoms with Gasteiger partial charge in [-0.25, -0.2) is 19.3 Å². The monoisotopic (exact) mass is 472 g/mol. The van der Waals surface area contributed by atoms with Crippen molar-refractivity contribution in [1.29, 1.82) is 0 Å². The average molecular weight is 473 g/mol. The van der Waals surface area contributed by atoms with E-state index in [1.54, 1.807) is 12.3 Å². The standard InChI is InChI=1S/C20H21ClF4N6O/c21-12-4-13-14(8-28-17(13)27-7-12)18-29-9-15(22)19(30-18)26-6-11-2-1-3-31(10-11)16(32)5-20(23,24)25/h4,7-9,11,16,32H,1-3,5-6,10H2,(H,27,28)(H,26,29,30). The van der Waals surface area contributed by atoms with Gasteiger partial charge in [-0.05, 0) is 24.8 Å². The fourth-order valence-electron chi connectivity index (χ4n) is 3.90. The molecule has 0 saturated carbocycles. The molecule has 3 N–H and O–H groups in total. The first-order valence-electron chi connectivity index (χ1n) is 10.1. The second-order valence-corrected chi connectivity index (χ2v) is 8.26. The maximum atomic E-state index is 14.3. The molecule has 4 heterocycles. The number of aromatic nitrogens is 4. The van der Waals surface area contributed by atoms with Crippen molar-refractivity contribution in [3.8, 4) is 11.4 Å². The van der Waals surface area contributed by atoms with Gasteiger partial charge in [-0.3, -0.25) is 4.90 Å². The number of aliphatic hydroxyl groups excluding tert-OH is 1. The first kappa shape index (κ1) is 22.7. The second kappa shape index (κ2) is 9.16. The number of aliphatic hydroxyl groups is 1. The van der Waals surface area contributed by atoms with Gasteiger partial charge >= 0.3 is 6.18 Å². The minimum atomic E-state index is -4.44. The number of hydrogen-bond donors (Lipinski definition) is 3. The third-order valence-corrected chi connectivity index (χ3v) is 5.63. The van der Waals surface area contributed by atoms with Gasteiger partial charge in [-0.15, -0.1) is 0 Å². The number of nitrogens with zero attached hydrogens (tertiary/aromatic N) is 4. The molecule has 1 aliphatic rings. The van der Waals surface area contributed by atoms with E-state index in [0.717, 1.165) is 12.6 Å². The van der Waals surface area contributed by atoms with Crippen LogP contribution >= 0.6 is 11.6 Å². The van der Waals surface area contributed by atoms with Crippen LogP contribution < -0.4 is 5.32 Å². The van der Waals surface area contributed by atoms with Crippen LogP contribution in [0.1, 0.15) is 19.3 Å². The number of hydrogen-bond acceptors (Lipinski definition) is 6. The maximum absolute atomic E-state index is 14.3. The van der Waals surface area contributed by atoms with Crippen LogP contribution in [0.3, 0.4) is 0 Å². The van der Waals surface area contributed by atoms with Gasteiger partial charge in [0.25, 0.3) is 0 Å². The highest BCUT2D eigenvalue weighted by molar-refractivity contribution is 6.31. The van der Waals surface area contributed by atoms with Crippen LogP contribution in [-0.4, -0.2) is 62.0 Å². The van der Waals surface area contributed by atoms with Gasteiger partial charge in [0.1, 0.15) is 11.9 Å². The summed E-state index contributed by atoms with van der Waals surface area (Å²) >= 11 is 6.02. The number of likely N-dealkylation sites (tertiary alicyclic amines) is 1. The Morgan fingerprint density at radius 1 is 1.31 bits per heavy atom. The molecule has 2 unspecified atom stereocenters. The van der Waals surface area contributed by atoms with Crippen LogP contribution in [0, 0.1) is 11.7 Å². The normalized spacial score (nSPS) is 18.8.